The van der Waals surface area contributed by atoms with E-state index in [1.165, 1.54) is 13.0 Å². The summed E-state index contributed by atoms with van der Waals surface area (Å²) < 4.78 is 13.8. The fraction of sp³-hybridized carbons (Fsp3) is 0.125. The molecule has 0 heterocycles. The van der Waals surface area contributed by atoms with Crippen molar-refractivity contribution in [2.75, 3.05) is 0 Å². The molecule has 0 radical (unpaired) electrons. The van der Waals surface area contributed by atoms with E-state index >= 15 is 0 Å². The highest BCUT2D eigenvalue weighted by molar-refractivity contribution is 9.11. The Morgan fingerprint density at radius 2 is 2.00 bits per heavy atom. The number of halogens is 3. The van der Waals surface area contributed by atoms with Gasteiger partial charge >= 0.3 is 5.97 Å². The normalized spacial score (nSPS) is 10.2. The first-order chi connectivity index (χ1) is 5.95. The van der Waals surface area contributed by atoms with Crippen LogP contribution in [-0.2, 0) is 0 Å². The van der Waals surface area contributed by atoms with Gasteiger partial charge in [0.25, 0.3) is 0 Å². The lowest BCUT2D eigenvalue weighted by Crippen LogP contribution is -2.03. The van der Waals surface area contributed by atoms with Crippen molar-refractivity contribution in [3.8, 4) is 0 Å². The second kappa shape index (κ2) is 3.75. The first-order valence-electron chi connectivity index (χ1n) is 3.32. The van der Waals surface area contributed by atoms with Crippen molar-refractivity contribution in [3.05, 3.63) is 32.0 Å². The van der Waals surface area contributed by atoms with Crippen LogP contribution in [0.3, 0.4) is 0 Å². The van der Waals surface area contributed by atoms with E-state index in [-0.39, 0.29) is 15.6 Å². The fourth-order valence-electron chi connectivity index (χ4n) is 0.977. The second-order valence-corrected chi connectivity index (χ2v) is 4.17. The van der Waals surface area contributed by atoms with Gasteiger partial charge in [-0.3, -0.25) is 0 Å². The van der Waals surface area contributed by atoms with Gasteiger partial charge in [0.2, 0.25) is 0 Å². The number of rotatable bonds is 1. The van der Waals surface area contributed by atoms with E-state index in [9.17, 15) is 9.18 Å². The van der Waals surface area contributed by atoms with Crippen molar-refractivity contribution >= 4 is 37.8 Å². The largest absolute Gasteiger partial charge is 0.478 e. The molecule has 13 heavy (non-hydrogen) atoms. The summed E-state index contributed by atoms with van der Waals surface area (Å²) in [6.45, 7) is 1.42. The summed E-state index contributed by atoms with van der Waals surface area (Å²) in [6.07, 6.45) is 0. The Balaban J connectivity index is 3.53. The van der Waals surface area contributed by atoms with Crippen LogP contribution in [-0.4, -0.2) is 11.1 Å². The maximum Gasteiger partial charge on any atom is 0.337 e. The Kier molecular flexibility index (Phi) is 3.08. The van der Waals surface area contributed by atoms with Crippen molar-refractivity contribution in [1.82, 2.24) is 0 Å². The average Bonchev–Trinajstić information content (AvgIpc) is 1.99. The smallest absolute Gasteiger partial charge is 0.337 e. The zero-order chi connectivity index (χ0) is 10.2. The Morgan fingerprint density at radius 1 is 1.46 bits per heavy atom. The molecule has 0 amide bonds. The molecule has 0 saturated carbocycles. The first kappa shape index (κ1) is 10.7. The van der Waals surface area contributed by atoms with Crippen LogP contribution in [0.2, 0.25) is 0 Å². The molecule has 0 spiro atoms. The van der Waals surface area contributed by atoms with Gasteiger partial charge in [-0.25, -0.2) is 9.18 Å². The number of hydrogen-bond donors (Lipinski definition) is 1. The molecule has 2 nitrogen and oxygen atoms in total. The fourth-order valence-corrected chi connectivity index (χ4v) is 2.51. The van der Waals surface area contributed by atoms with Crippen LogP contribution >= 0.6 is 31.9 Å². The highest BCUT2D eigenvalue weighted by Gasteiger charge is 2.17. The standard InChI is InChI=1S/C8H5Br2FO2/c1-3-6(8(12)13)4(9)2-5(10)7(3)11/h2H,1H3,(H,12,13). The van der Waals surface area contributed by atoms with Gasteiger partial charge in [0.05, 0.1) is 10.0 Å². The zero-order valence-corrected chi connectivity index (χ0v) is 9.74. The number of benzene rings is 1. The van der Waals surface area contributed by atoms with E-state index in [1.807, 2.05) is 0 Å². The van der Waals surface area contributed by atoms with Crippen LogP contribution in [0.1, 0.15) is 15.9 Å². The van der Waals surface area contributed by atoms with Crippen molar-refractivity contribution in [2.45, 2.75) is 6.92 Å². The molecule has 1 aromatic rings. The number of carboxylic acids is 1. The van der Waals surface area contributed by atoms with Crippen molar-refractivity contribution in [2.24, 2.45) is 0 Å². The molecule has 1 rings (SSSR count). The predicted molar refractivity (Wildman–Crippen MR) is 53.5 cm³/mol. The van der Waals surface area contributed by atoms with Crippen LogP contribution in [0.5, 0.6) is 0 Å². The highest BCUT2D eigenvalue weighted by atomic mass is 79.9. The SMILES string of the molecule is Cc1c(F)c(Br)cc(Br)c1C(=O)O. The summed E-state index contributed by atoms with van der Waals surface area (Å²) in [6, 6.07) is 1.38. The van der Waals surface area contributed by atoms with Gasteiger partial charge in [0.15, 0.2) is 0 Å². The lowest BCUT2D eigenvalue weighted by molar-refractivity contribution is 0.0694. The van der Waals surface area contributed by atoms with E-state index < -0.39 is 11.8 Å². The third-order valence-electron chi connectivity index (χ3n) is 1.62. The van der Waals surface area contributed by atoms with Crippen LogP contribution in [0.15, 0.2) is 15.0 Å². The molecule has 0 bridgehead atoms. The lowest BCUT2D eigenvalue weighted by Gasteiger charge is -2.06. The predicted octanol–water partition coefficient (Wildman–Crippen LogP) is 3.36. The molecule has 1 aromatic carbocycles. The molecule has 0 saturated heterocycles. The number of hydrogen-bond acceptors (Lipinski definition) is 1. The molecular formula is C8H5Br2FO2. The summed E-state index contributed by atoms with van der Waals surface area (Å²) in [5.74, 6) is -1.68. The maximum atomic E-state index is 13.2. The molecule has 0 aliphatic heterocycles. The van der Waals surface area contributed by atoms with Gasteiger partial charge in [-0.1, -0.05) is 0 Å². The summed E-state index contributed by atoms with van der Waals surface area (Å²) in [5.41, 5.74) is 0.0782. The third-order valence-corrected chi connectivity index (χ3v) is 2.82. The monoisotopic (exact) mass is 310 g/mol. The molecule has 0 fully saturated rings. The van der Waals surface area contributed by atoms with Gasteiger partial charge in [-0.15, -0.1) is 0 Å². The Morgan fingerprint density at radius 3 is 2.46 bits per heavy atom. The van der Waals surface area contributed by atoms with E-state index in [0.29, 0.717) is 4.47 Å². The van der Waals surface area contributed by atoms with Gasteiger partial charge in [0.1, 0.15) is 5.82 Å². The molecule has 0 aromatic heterocycles. The summed E-state index contributed by atoms with van der Waals surface area (Å²) in [7, 11) is 0. The molecule has 70 valence electrons. The topological polar surface area (TPSA) is 37.3 Å². The Labute approximate surface area is 91.0 Å². The molecule has 5 heteroatoms. The second-order valence-electron chi connectivity index (χ2n) is 2.46. The van der Waals surface area contributed by atoms with Gasteiger partial charge < -0.3 is 5.11 Å². The Bertz CT molecular complexity index is 377. The van der Waals surface area contributed by atoms with Crippen LogP contribution in [0.25, 0.3) is 0 Å². The van der Waals surface area contributed by atoms with E-state index in [0.717, 1.165) is 0 Å². The van der Waals surface area contributed by atoms with E-state index in [4.69, 9.17) is 5.11 Å². The van der Waals surface area contributed by atoms with E-state index in [2.05, 4.69) is 31.9 Å². The van der Waals surface area contributed by atoms with Gasteiger partial charge in [-0.2, -0.15) is 0 Å². The van der Waals surface area contributed by atoms with Crippen LogP contribution in [0.4, 0.5) is 4.39 Å². The number of aromatic carboxylic acids is 1. The maximum absolute atomic E-state index is 13.2. The highest BCUT2D eigenvalue weighted by Crippen LogP contribution is 2.28. The van der Waals surface area contributed by atoms with Gasteiger partial charge in [-0.05, 0) is 44.8 Å². The molecule has 0 atom stereocenters. The number of carbonyl (C=O) groups is 1. The summed E-state index contributed by atoms with van der Waals surface area (Å²) in [5, 5.41) is 8.75. The summed E-state index contributed by atoms with van der Waals surface area (Å²) in [4.78, 5) is 10.7. The minimum atomic E-state index is -1.14. The van der Waals surface area contributed by atoms with E-state index in [1.54, 1.807) is 0 Å². The van der Waals surface area contributed by atoms with Gasteiger partial charge in [0, 0.05) is 10.0 Å². The van der Waals surface area contributed by atoms with Crippen molar-refractivity contribution in [3.63, 3.8) is 0 Å². The average molecular weight is 312 g/mol. The molecule has 0 aliphatic carbocycles. The molecular weight excluding hydrogens is 307 g/mol. The lowest BCUT2D eigenvalue weighted by atomic mass is 10.1. The zero-order valence-electron chi connectivity index (χ0n) is 6.57. The Hall–Kier alpha value is -0.420. The van der Waals surface area contributed by atoms with Crippen LogP contribution in [0, 0.1) is 12.7 Å². The quantitative estimate of drug-likeness (QED) is 0.808. The van der Waals surface area contributed by atoms with Crippen LogP contribution < -0.4 is 0 Å². The molecule has 0 aliphatic rings. The third kappa shape index (κ3) is 1.91. The minimum Gasteiger partial charge on any atom is -0.478 e. The first-order valence-corrected chi connectivity index (χ1v) is 4.91. The number of carboxylic acid groups (broad SMARTS) is 1. The summed E-state index contributed by atoms with van der Waals surface area (Å²) >= 11 is 6.04. The molecule has 1 N–H and O–H groups in total. The van der Waals surface area contributed by atoms with Crippen molar-refractivity contribution < 1.29 is 14.3 Å². The minimum absolute atomic E-state index is 0.0410. The molecule has 0 unspecified atom stereocenters. The van der Waals surface area contributed by atoms with Crippen molar-refractivity contribution in [1.29, 1.82) is 0 Å².